The normalized spacial score (nSPS) is 20.9. The zero-order valence-electron chi connectivity index (χ0n) is 10.2. The summed E-state index contributed by atoms with van der Waals surface area (Å²) in [4.78, 5) is 0. The second-order valence-corrected chi connectivity index (χ2v) is 5.18. The summed E-state index contributed by atoms with van der Waals surface area (Å²) in [5, 5.41) is 0. The lowest BCUT2D eigenvalue weighted by atomic mass is 9.78. The molecule has 1 aromatic carbocycles. The molecule has 1 aliphatic carbocycles. The summed E-state index contributed by atoms with van der Waals surface area (Å²) in [5.74, 6) is -0.447. The molecule has 2 N–H and O–H groups in total. The van der Waals surface area contributed by atoms with Crippen LogP contribution in [0.4, 0.5) is 13.2 Å². The third-order valence-electron chi connectivity index (χ3n) is 3.95. The van der Waals surface area contributed by atoms with Crippen molar-refractivity contribution in [2.75, 3.05) is 0 Å². The summed E-state index contributed by atoms with van der Waals surface area (Å²) in [6.07, 6.45) is -1.59. The van der Waals surface area contributed by atoms with Crippen LogP contribution in [0.3, 0.4) is 0 Å². The molecule has 0 aliphatic heterocycles. The molecular formula is C14H18F3N. The van der Waals surface area contributed by atoms with Crippen LogP contribution in [0.5, 0.6) is 0 Å². The average Bonchev–Trinajstić information content (AvgIpc) is 2.82. The lowest BCUT2D eigenvalue weighted by molar-refractivity contribution is -0.200. The molecule has 0 aromatic heterocycles. The maximum absolute atomic E-state index is 13.3. The number of benzene rings is 1. The van der Waals surface area contributed by atoms with Gasteiger partial charge >= 0.3 is 6.18 Å². The molecular weight excluding hydrogens is 239 g/mol. The topological polar surface area (TPSA) is 26.0 Å². The molecule has 1 atom stereocenters. The van der Waals surface area contributed by atoms with Crippen LogP contribution in [0, 0.1) is 5.92 Å². The van der Waals surface area contributed by atoms with Gasteiger partial charge in [0, 0.05) is 0 Å². The fourth-order valence-corrected chi connectivity index (χ4v) is 2.85. The zero-order valence-corrected chi connectivity index (χ0v) is 10.2. The number of hydrogen-bond acceptors (Lipinski definition) is 1. The summed E-state index contributed by atoms with van der Waals surface area (Å²) in [6, 6.07) is 8.72. The van der Waals surface area contributed by atoms with Crippen molar-refractivity contribution in [3.63, 3.8) is 0 Å². The summed E-state index contributed by atoms with van der Waals surface area (Å²) in [6.45, 7) is 0. The standard InChI is InChI=1S/C14H18F3N/c15-14(16,17)13(18,12-8-4-5-9-12)10-11-6-2-1-3-7-11/h1-3,6-7,12H,4-5,8-10,18H2. The van der Waals surface area contributed by atoms with Crippen LogP contribution in [-0.4, -0.2) is 11.7 Å². The molecule has 1 unspecified atom stereocenters. The predicted octanol–water partition coefficient (Wildman–Crippen LogP) is 3.68. The van der Waals surface area contributed by atoms with Crippen LogP contribution in [0.25, 0.3) is 0 Å². The average molecular weight is 257 g/mol. The quantitative estimate of drug-likeness (QED) is 0.878. The number of nitrogens with two attached hydrogens (primary N) is 1. The Morgan fingerprint density at radius 1 is 1.06 bits per heavy atom. The van der Waals surface area contributed by atoms with Crippen LogP contribution < -0.4 is 5.73 Å². The molecule has 1 aliphatic rings. The number of rotatable bonds is 3. The number of hydrogen-bond donors (Lipinski definition) is 1. The SMILES string of the molecule is NC(Cc1ccccc1)(C1CCCC1)C(F)(F)F. The largest absolute Gasteiger partial charge is 0.406 e. The zero-order chi connectivity index (χ0) is 13.2. The van der Waals surface area contributed by atoms with Gasteiger partial charge in [-0.05, 0) is 30.7 Å². The first-order chi connectivity index (χ1) is 8.43. The fourth-order valence-electron chi connectivity index (χ4n) is 2.85. The molecule has 18 heavy (non-hydrogen) atoms. The van der Waals surface area contributed by atoms with E-state index < -0.39 is 17.6 Å². The smallest absolute Gasteiger partial charge is 0.317 e. The van der Waals surface area contributed by atoms with Gasteiger partial charge in [-0.1, -0.05) is 43.2 Å². The van der Waals surface area contributed by atoms with Crippen LogP contribution >= 0.6 is 0 Å². The molecule has 100 valence electrons. The third-order valence-corrected chi connectivity index (χ3v) is 3.95. The lowest BCUT2D eigenvalue weighted by Gasteiger charge is -2.37. The van der Waals surface area contributed by atoms with Gasteiger partial charge in [0.15, 0.2) is 0 Å². The van der Waals surface area contributed by atoms with Gasteiger partial charge in [0.25, 0.3) is 0 Å². The fraction of sp³-hybridized carbons (Fsp3) is 0.571. The first kappa shape index (κ1) is 13.4. The number of alkyl halides is 3. The van der Waals surface area contributed by atoms with Crippen LogP contribution in [0.2, 0.25) is 0 Å². The van der Waals surface area contributed by atoms with E-state index in [-0.39, 0.29) is 6.42 Å². The van der Waals surface area contributed by atoms with Crippen molar-refractivity contribution in [1.82, 2.24) is 0 Å². The molecule has 0 saturated heterocycles. The molecule has 0 heterocycles. The van der Waals surface area contributed by atoms with E-state index >= 15 is 0 Å². The summed E-state index contributed by atoms with van der Waals surface area (Å²) >= 11 is 0. The first-order valence-corrected chi connectivity index (χ1v) is 6.33. The van der Waals surface area contributed by atoms with Crippen molar-refractivity contribution in [2.24, 2.45) is 11.7 Å². The Labute approximate surface area is 105 Å². The van der Waals surface area contributed by atoms with Gasteiger partial charge in [0.1, 0.15) is 5.54 Å². The number of halogens is 3. The lowest BCUT2D eigenvalue weighted by Crippen LogP contribution is -2.59. The Morgan fingerprint density at radius 2 is 1.61 bits per heavy atom. The molecule has 0 bridgehead atoms. The van der Waals surface area contributed by atoms with Gasteiger partial charge in [0.05, 0.1) is 0 Å². The molecule has 1 nitrogen and oxygen atoms in total. The molecule has 2 rings (SSSR count). The van der Waals surface area contributed by atoms with Crippen molar-refractivity contribution in [1.29, 1.82) is 0 Å². The highest BCUT2D eigenvalue weighted by molar-refractivity contribution is 5.20. The minimum Gasteiger partial charge on any atom is -0.317 e. The van der Waals surface area contributed by atoms with Gasteiger partial charge < -0.3 is 5.73 Å². The Morgan fingerprint density at radius 3 is 2.11 bits per heavy atom. The van der Waals surface area contributed by atoms with E-state index in [0.29, 0.717) is 18.4 Å². The van der Waals surface area contributed by atoms with Crippen molar-refractivity contribution in [2.45, 2.75) is 43.8 Å². The Kier molecular flexibility index (Phi) is 3.66. The van der Waals surface area contributed by atoms with E-state index in [1.807, 2.05) is 0 Å². The predicted molar refractivity (Wildman–Crippen MR) is 65.1 cm³/mol. The van der Waals surface area contributed by atoms with Crippen LogP contribution in [0.1, 0.15) is 31.2 Å². The monoisotopic (exact) mass is 257 g/mol. The van der Waals surface area contributed by atoms with Crippen molar-refractivity contribution < 1.29 is 13.2 Å². The summed E-state index contributed by atoms with van der Waals surface area (Å²) < 4.78 is 40.0. The van der Waals surface area contributed by atoms with E-state index in [9.17, 15) is 13.2 Å². The maximum atomic E-state index is 13.3. The highest BCUT2D eigenvalue weighted by atomic mass is 19.4. The van der Waals surface area contributed by atoms with Gasteiger partial charge in [0.2, 0.25) is 0 Å². The molecule has 0 spiro atoms. The molecule has 4 heteroatoms. The second kappa shape index (κ2) is 4.92. The van der Waals surface area contributed by atoms with E-state index in [4.69, 9.17) is 5.73 Å². The minimum atomic E-state index is -4.35. The van der Waals surface area contributed by atoms with Crippen LogP contribution in [0.15, 0.2) is 30.3 Å². The first-order valence-electron chi connectivity index (χ1n) is 6.33. The molecule has 0 amide bonds. The minimum absolute atomic E-state index is 0.123. The Hall–Kier alpha value is -1.03. The van der Waals surface area contributed by atoms with Gasteiger partial charge in [-0.25, -0.2) is 0 Å². The van der Waals surface area contributed by atoms with Crippen molar-refractivity contribution >= 4 is 0 Å². The van der Waals surface area contributed by atoms with E-state index in [2.05, 4.69) is 0 Å². The Balaban J connectivity index is 2.25. The molecule has 1 saturated carbocycles. The summed E-state index contributed by atoms with van der Waals surface area (Å²) in [7, 11) is 0. The molecule has 0 radical (unpaired) electrons. The van der Waals surface area contributed by atoms with E-state index in [0.717, 1.165) is 12.8 Å². The van der Waals surface area contributed by atoms with Crippen molar-refractivity contribution in [3.8, 4) is 0 Å². The van der Waals surface area contributed by atoms with Crippen molar-refractivity contribution in [3.05, 3.63) is 35.9 Å². The third kappa shape index (κ3) is 2.53. The van der Waals surface area contributed by atoms with Gasteiger partial charge in [-0.3, -0.25) is 0 Å². The highest BCUT2D eigenvalue weighted by Gasteiger charge is 2.56. The van der Waals surface area contributed by atoms with E-state index in [1.165, 1.54) is 0 Å². The Bertz CT molecular complexity index is 382. The highest BCUT2D eigenvalue weighted by Crippen LogP contribution is 2.43. The van der Waals surface area contributed by atoms with Gasteiger partial charge in [-0.15, -0.1) is 0 Å². The van der Waals surface area contributed by atoms with Gasteiger partial charge in [-0.2, -0.15) is 13.2 Å². The molecule has 1 fully saturated rings. The maximum Gasteiger partial charge on any atom is 0.406 e. The summed E-state index contributed by atoms with van der Waals surface area (Å²) in [5.41, 5.74) is 4.37. The molecule has 1 aromatic rings. The van der Waals surface area contributed by atoms with Crippen LogP contribution in [-0.2, 0) is 6.42 Å². The second-order valence-electron chi connectivity index (χ2n) is 5.18. The van der Waals surface area contributed by atoms with E-state index in [1.54, 1.807) is 30.3 Å².